The number of methoxy groups -OCH3 is 1. The van der Waals surface area contributed by atoms with E-state index < -0.39 is 22.9 Å². The summed E-state index contributed by atoms with van der Waals surface area (Å²) in [6.45, 7) is 0. The number of nitrogens with one attached hydrogen (secondary N) is 1. The number of benzene rings is 3. The van der Waals surface area contributed by atoms with Crippen molar-refractivity contribution in [1.82, 2.24) is 5.01 Å². The van der Waals surface area contributed by atoms with Crippen molar-refractivity contribution in [2.45, 2.75) is 24.1 Å². The molecule has 2 atom stereocenters. The fraction of sp³-hybridized carbons (Fsp3) is 0.185. The predicted octanol–water partition coefficient (Wildman–Crippen LogP) is 5.67. The molecule has 37 heavy (non-hydrogen) atoms. The van der Waals surface area contributed by atoms with E-state index in [-0.39, 0.29) is 18.2 Å². The number of hydrogen-bond acceptors (Lipinski definition) is 6. The SMILES string of the molecule is COc1ccc([C@@H]2CC(c3ccc(Cl)cc3)=NN2C2=NC(=O)[C@@H](CC(=O)Nc3ccccc3F)S2)cc1. The van der Waals surface area contributed by atoms with Crippen LogP contribution in [0.5, 0.6) is 5.75 Å². The van der Waals surface area contributed by atoms with Crippen LogP contribution in [0.4, 0.5) is 10.1 Å². The molecule has 2 aliphatic heterocycles. The molecule has 0 bridgehead atoms. The summed E-state index contributed by atoms with van der Waals surface area (Å²) in [7, 11) is 1.61. The number of ether oxygens (including phenoxy) is 1. The van der Waals surface area contributed by atoms with Crippen LogP contribution < -0.4 is 10.1 Å². The summed E-state index contributed by atoms with van der Waals surface area (Å²) in [5.41, 5.74) is 2.79. The zero-order chi connectivity index (χ0) is 25.9. The first-order chi connectivity index (χ1) is 17.9. The Hall–Kier alpha value is -3.69. The standard InChI is InChI=1S/C27H22ClFN4O3S/c1-36-19-12-8-17(9-13-19)23-14-22(16-6-10-18(28)11-7-16)32-33(23)27-31-26(35)24(37-27)15-25(34)30-21-5-3-2-4-20(21)29/h2-13,23-24H,14-15H2,1H3,(H,30,34)/t23-,24+/m0/s1. The van der Waals surface area contributed by atoms with Gasteiger partial charge in [0.15, 0.2) is 5.17 Å². The Morgan fingerprint density at radius 1 is 1.14 bits per heavy atom. The van der Waals surface area contributed by atoms with Crippen LogP contribution in [0.15, 0.2) is 82.9 Å². The summed E-state index contributed by atoms with van der Waals surface area (Å²) in [6, 6.07) is 20.8. The number of nitrogens with zero attached hydrogens (tertiary/aromatic N) is 3. The molecule has 2 amide bonds. The Balaban J connectivity index is 1.36. The zero-order valence-corrected chi connectivity index (χ0v) is 21.3. The lowest BCUT2D eigenvalue weighted by Gasteiger charge is -2.23. The number of amidine groups is 1. The van der Waals surface area contributed by atoms with Gasteiger partial charge in [-0.3, -0.25) is 9.59 Å². The monoisotopic (exact) mass is 536 g/mol. The smallest absolute Gasteiger partial charge is 0.262 e. The Bertz CT molecular complexity index is 1400. The van der Waals surface area contributed by atoms with Crippen molar-refractivity contribution in [1.29, 1.82) is 0 Å². The van der Waals surface area contributed by atoms with Crippen LogP contribution in [-0.4, -0.2) is 40.1 Å². The van der Waals surface area contributed by atoms with Gasteiger partial charge in [0.25, 0.3) is 5.91 Å². The van der Waals surface area contributed by atoms with Gasteiger partial charge in [-0.1, -0.05) is 59.8 Å². The molecule has 1 N–H and O–H groups in total. The maximum atomic E-state index is 13.9. The quantitative estimate of drug-likeness (QED) is 0.439. The van der Waals surface area contributed by atoms with Crippen LogP contribution in [0.2, 0.25) is 5.02 Å². The fourth-order valence-corrected chi connectivity index (χ4v) is 5.31. The molecule has 0 unspecified atom stereocenters. The minimum Gasteiger partial charge on any atom is -0.497 e. The second kappa shape index (κ2) is 10.7. The molecule has 188 valence electrons. The van der Waals surface area contributed by atoms with Crippen molar-refractivity contribution < 1.29 is 18.7 Å². The van der Waals surface area contributed by atoms with Gasteiger partial charge in [0.2, 0.25) is 5.91 Å². The van der Waals surface area contributed by atoms with E-state index in [4.69, 9.17) is 21.4 Å². The number of amides is 2. The van der Waals surface area contributed by atoms with E-state index in [9.17, 15) is 14.0 Å². The zero-order valence-electron chi connectivity index (χ0n) is 19.7. The van der Waals surface area contributed by atoms with E-state index in [1.54, 1.807) is 30.3 Å². The number of carbonyl (C=O) groups is 2. The minimum atomic E-state index is -0.729. The molecular formula is C27H22ClFN4O3S. The highest BCUT2D eigenvalue weighted by Crippen LogP contribution is 2.39. The molecule has 0 saturated carbocycles. The van der Waals surface area contributed by atoms with E-state index in [1.165, 1.54) is 30.0 Å². The molecular weight excluding hydrogens is 515 g/mol. The second-order valence-electron chi connectivity index (χ2n) is 8.46. The van der Waals surface area contributed by atoms with Crippen molar-refractivity contribution in [3.05, 3.63) is 94.8 Å². The number of rotatable bonds is 6. The Kier molecular flexibility index (Phi) is 7.25. The largest absolute Gasteiger partial charge is 0.497 e. The molecule has 0 aliphatic carbocycles. The molecule has 2 aliphatic rings. The molecule has 0 saturated heterocycles. The van der Waals surface area contributed by atoms with E-state index in [0.29, 0.717) is 16.6 Å². The van der Waals surface area contributed by atoms with Gasteiger partial charge >= 0.3 is 0 Å². The van der Waals surface area contributed by atoms with Crippen molar-refractivity contribution in [2.75, 3.05) is 12.4 Å². The average Bonchev–Trinajstić information content (AvgIpc) is 3.50. The van der Waals surface area contributed by atoms with Gasteiger partial charge in [-0.15, -0.1) is 0 Å². The van der Waals surface area contributed by atoms with Gasteiger partial charge in [-0.25, -0.2) is 9.40 Å². The molecule has 0 radical (unpaired) electrons. The van der Waals surface area contributed by atoms with Gasteiger partial charge < -0.3 is 10.1 Å². The maximum Gasteiger partial charge on any atom is 0.262 e. The summed E-state index contributed by atoms with van der Waals surface area (Å²) in [6.07, 6.45) is 0.444. The lowest BCUT2D eigenvalue weighted by Crippen LogP contribution is -2.25. The number of carbonyl (C=O) groups excluding carboxylic acids is 2. The van der Waals surface area contributed by atoms with Crippen LogP contribution in [0.3, 0.4) is 0 Å². The summed E-state index contributed by atoms with van der Waals surface area (Å²) in [5, 5.41) is 9.40. The Morgan fingerprint density at radius 3 is 2.57 bits per heavy atom. The average molecular weight is 537 g/mol. The Labute approximate surface area is 222 Å². The molecule has 3 aromatic carbocycles. The first kappa shape index (κ1) is 25.0. The summed E-state index contributed by atoms with van der Waals surface area (Å²) < 4.78 is 19.2. The van der Waals surface area contributed by atoms with Crippen molar-refractivity contribution in [3.8, 4) is 5.75 Å². The molecule has 10 heteroatoms. The summed E-state index contributed by atoms with van der Waals surface area (Å²) in [4.78, 5) is 29.5. The highest BCUT2D eigenvalue weighted by molar-refractivity contribution is 8.15. The van der Waals surface area contributed by atoms with E-state index in [0.717, 1.165) is 22.6 Å². The summed E-state index contributed by atoms with van der Waals surface area (Å²) in [5.74, 6) is -0.698. The van der Waals surface area contributed by atoms with Gasteiger partial charge in [0.1, 0.15) is 16.8 Å². The van der Waals surface area contributed by atoms with Gasteiger partial charge in [-0.2, -0.15) is 10.1 Å². The van der Waals surface area contributed by atoms with Crippen LogP contribution >= 0.6 is 23.4 Å². The van der Waals surface area contributed by atoms with Crippen molar-refractivity contribution in [2.24, 2.45) is 10.1 Å². The number of halogens is 2. The van der Waals surface area contributed by atoms with E-state index >= 15 is 0 Å². The first-order valence-electron chi connectivity index (χ1n) is 11.5. The normalized spacial score (nSPS) is 19.0. The number of thioether (sulfide) groups is 1. The molecule has 2 heterocycles. The highest BCUT2D eigenvalue weighted by atomic mass is 35.5. The third kappa shape index (κ3) is 5.52. The topological polar surface area (TPSA) is 83.4 Å². The predicted molar refractivity (Wildman–Crippen MR) is 144 cm³/mol. The Morgan fingerprint density at radius 2 is 1.86 bits per heavy atom. The second-order valence-corrected chi connectivity index (χ2v) is 10.1. The van der Waals surface area contributed by atoms with Crippen molar-refractivity contribution in [3.63, 3.8) is 0 Å². The third-order valence-corrected chi connectivity index (χ3v) is 7.43. The van der Waals surface area contributed by atoms with Gasteiger partial charge in [0.05, 0.1) is 24.6 Å². The molecule has 5 rings (SSSR count). The third-order valence-electron chi connectivity index (χ3n) is 6.03. The minimum absolute atomic E-state index is 0.0698. The van der Waals surface area contributed by atoms with Crippen LogP contribution in [0, 0.1) is 5.82 Å². The number of hydrogen-bond donors (Lipinski definition) is 1. The fourth-order valence-electron chi connectivity index (χ4n) is 4.13. The van der Waals surface area contributed by atoms with Gasteiger partial charge in [0, 0.05) is 17.9 Å². The van der Waals surface area contributed by atoms with Crippen LogP contribution in [-0.2, 0) is 9.59 Å². The molecule has 7 nitrogen and oxygen atoms in total. The highest BCUT2D eigenvalue weighted by Gasteiger charge is 2.39. The van der Waals surface area contributed by atoms with E-state index in [1.807, 2.05) is 36.4 Å². The lowest BCUT2D eigenvalue weighted by atomic mass is 9.98. The lowest BCUT2D eigenvalue weighted by molar-refractivity contribution is -0.121. The van der Waals surface area contributed by atoms with E-state index in [2.05, 4.69) is 10.3 Å². The number of aliphatic imine (C=N–C) groups is 1. The maximum absolute atomic E-state index is 13.9. The number of hydrazone groups is 1. The van der Waals surface area contributed by atoms with Crippen LogP contribution in [0.25, 0.3) is 0 Å². The molecule has 0 spiro atoms. The molecule has 0 aromatic heterocycles. The van der Waals surface area contributed by atoms with Crippen LogP contribution in [0.1, 0.15) is 30.0 Å². The van der Waals surface area contributed by atoms with Crippen molar-refractivity contribution >= 4 is 51.7 Å². The molecule has 0 fully saturated rings. The number of anilines is 1. The van der Waals surface area contributed by atoms with Gasteiger partial charge in [-0.05, 0) is 47.5 Å². The number of para-hydroxylation sites is 1. The molecule has 3 aromatic rings. The summed E-state index contributed by atoms with van der Waals surface area (Å²) >= 11 is 7.25. The first-order valence-corrected chi connectivity index (χ1v) is 12.8.